The number of nitrogens with zero attached hydrogens (tertiary/aromatic N) is 2. The number of H-pyrrole nitrogens is 1. The third kappa shape index (κ3) is 4.20. The molecule has 3 N–H and O–H groups in total. The van der Waals surface area contributed by atoms with Crippen LogP contribution in [0.5, 0.6) is 0 Å². The third-order valence-electron chi connectivity index (χ3n) is 5.07. The molecule has 0 bridgehead atoms. The van der Waals surface area contributed by atoms with Gasteiger partial charge in [-0.25, -0.2) is 4.79 Å². The van der Waals surface area contributed by atoms with Crippen LogP contribution < -0.4 is 21.9 Å². The van der Waals surface area contributed by atoms with Crippen molar-refractivity contribution in [1.29, 1.82) is 0 Å². The minimum Gasteiger partial charge on any atom is -0.383 e. The second-order valence-electron chi connectivity index (χ2n) is 7.16. The number of hydrogen-bond donors (Lipinski definition) is 2. The van der Waals surface area contributed by atoms with Gasteiger partial charge in [-0.3, -0.25) is 24.0 Å². The first-order valence-electron chi connectivity index (χ1n) is 9.95. The van der Waals surface area contributed by atoms with Crippen molar-refractivity contribution >= 4 is 38.8 Å². The molecule has 2 aromatic heterocycles. The molecular formula is C23H22N4O4S. The molecule has 0 saturated carbocycles. The number of nitrogens with one attached hydrogen (secondary N) is 1. The largest absolute Gasteiger partial charge is 0.383 e. The lowest BCUT2D eigenvalue weighted by molar-refractivity contribution is 0.0979. The quantitative estimate of drug-likeness (QED) is 0.450. The summed E-state index contributed by atoms with van der Waals surface area (Å²) in [5.41, 5.74) is 5.71. The number of hydrogen-bond acceptors (Lipinski definition) is 6. The van der Waals surface area contributed by atoms with Crippen molar-refractivity contribution in [3.05, 3.63) is 91.9 Å². The maximum absolute atomic E-state index is 13.5. The van der Waals surface area contributed by atoms with E-state index in [1.165, 1.54) is 27.9 Å². The molecule has 2 heterocycles. The van der Waals surface area contributed by atoms with Crippen molar-refractivity contribution in [2.75, 3.05) is 30.9 Å². The Hall–Kier alpha value is -3.69. The standard InChI is InChI=1S/C23H22N4O4S/c1-31-12-11-26(22(29)18-13-16-9-5-6-10-17(16)32-18)19-20(24)27(23(30)25-21(19)28)14-15-7-3-2-4-8-15/h2-10,13H,11-12,14,24H2,1H3,(H,25,28,30). The van der Waals surface area contributed by atoms with E-state index in [4.69, 9.17) is 10.5 Å². The van der Waals surface area contributed by atoms with Crippen molar-refractivity contribution in [2.45, 2.75) is 6.54 Å². The summed E-state index contributed by atoms with van der Waals surface area (Å²) >= 11 is 1.33. The first-order chi connectivity index (χ1) is 15.5. The van der Waals surface area contributed by atoms with Crippen LogP contribution in [0, 0.1) is 0 Å². The number of nitrogen functional groups attached to an aromatic ring is 1. The van der Waals surface area contributed by atoms with E-state index in [0.717, 1.165) is 15.6 Å². The van der Waals surface area contributed by atoms with Gasteiger partial charge in [0.1, 0.15) is 5.82 Å². The van der Waals surface area contributed by atoms with Gasteiger partial charge < -0.3 is 10.5 Å². The molecule has 0 aliphatic carbocycles. The van der Waals surface area contributed by atoms with Crippen LogP contribution in [0.2, 0.25) is 0 Å². The van der Waals surface area contributed by atoms with E-state index in [1.807, 2.05) is 54.6 Å². The Morgan fingerprint density at radius 3 is 2.56 bits per heavy atom. The predicted molar refractivity (Wildman–Crippen MR) is 127 cm³/mol. The minimum absolute atomic E-state index is 0.0694. The highest BCUT2D eigenvalue weighted by molar-refractivity contribution is 7.20. The molecule has 4 rings (SSSR count). The zero-order valence-electron chi connectivity index (χ0n) is 17.4. The fourth-order valence-corrected chi connectivity index (χ4v) is 4.49. The molecule has 9 heteroatoms. The normalized spacial score (nSPS) is 11.0. The Bertz CT molecular complexity index is 1340. The molecule has 0 spiro atoms. The summed E-state index contributed by atoms with van der Waals surface area (Å²) in [6, 6.07) is 18.7. The Labute approximate surface area is 187 Å². The number of ether oxygens (including phenoxy) is 1. The summed E-state index contributed by atoms with van der Waals surface area (Å²) in [7, 11) is 1.51. The average molecular weight is 451 g/mol. The van der Waals surface area contributed by atoms with Gasteiger partial charge in [0.2, 0.25) is 0 Å². The molecule has 32 heavy (non-hydrogen) atoms. The molecule has 0 aliphatic heterocycles. The smallest absolute Gasteiger partial charge is 0.330 e. The molecular weight excluding hydrogens is 428 g/mol. The third-order valence-corrected chi connectivity index (χ3v) is 6.17. The molecule has 0 radical (unpaired) electrons. The van der Waals surface area contributed by atoms with E-state index in [2.05, 4.69) is 4.98 Å². The van der Waals surface area contributed by atoms with Crippen LogP contribution in [0.15, 0.2) is 70.3 Å². The number of rotatable bonds is 7. The average Bonchev–Trinajstić information content (AvgIpc) is 3.23. The second kappa shape index (κ2) is 9.21. The van der Waals surface area contributed by atoms with Crippen molar-refractivity contribution in [3.63, 3.8) is 0 Å². The number of amides is 1. The highest BCUT2D eigenvalue weighted by Gasteiger charge is 2.26. The fraction of sp³-hybridized carbons (Fsp3) is 0.174. The van der Waals surface area contributed by atoms with Gasteiger partial charge in [-0.2, -0.15) is 0 Å². The fourth-order valence-electron chi connectivity index (χ4n) is 3.48. The number of benzene rings is 2. The van der Waals surface area contributed by atoms with Crippen LogP contribution in [0.1, 0.15) is 15.2 Å². The lowest BCUT2D eigenvalue weighted by Gasteiger charge is -2.24. The molecule has 0 atom stereocenters. The first kappa shape index (κ1) is 21.5. The van der Waals surface area contributed by atoms with Crippen LogP contribution in [0.3, 0.4) is 0 Å². The zero-order valence-corrected chi connectivity index (χ0v) is 18.2. The van der Waals surface area contributed by atoms with Gasteiger partial charge in [0.05, 0.1) is 18.0 Å². The molecule has 4 aromatic rings. The lowest BCUT2D eigenvalue weighted by Crippen LogP contribution is -2.42. The Balaban J connectivity index is 1.80. The lowest BCUT2D eigenvalue weighted by atomic mass is 10.2. The number of thiophene rings is 1. The number of fused-ring (bicyclic) bond motifs is 1. The number of aromatic amines is 1. The Kier molecular flexibility index (Phi) is 6.20. The second-order valence-corrected chi connectivity index (χ2v) is 8.25. The van der Waals surface area contributed by atoms with Crippen molar-refractivity contribution in [1.82, 2.24) is 9.55 Å². The van der Waals surface area contributed by atoms with Crippen molar-refractivity contribution < 1.29 is 9.53 Å². The van der Waals surface area contributed by atoms with E-state index >= 15 is 0 Å². The van der Waals surface area contributed by atoms with Crippen LogP contribution in [0.25, 0.3) is 10.1 Å². The monoisotopic (exact) mass is 450 g/mol. The minimum atomic E-state index is -0.720. The number of carbonyl (C=O) groups excluding carboxylic acids is 1. The molecule has 0 unspecified atom stereocenters. The van der Waals surface area contributed by atoms with E-state index in [-0.39, 0.29) is 37.1 Å². The molecule has 0 aliphatic rings. The van der Waals surface area contributed by atoms with E-state index < -0.39 is 11.2 Å². The summed E-state index contributed by atoms with van der Waals surface area (Å²) in [6.45, 7) is 0.443. The van der Waals surface area contributed by atoms with Gasteiger partial charge in [-0.1, -0.05) is 48.5 Å². The molecule has 1 amide bonds. The number of nitrogens with two attached hydrogens (primary N) is 1. The van der Waals surface area contributed by atoms with Gasteiger partial charge in [0.15, 0.2) is 5.69 Å². The number of methoxy groups -OCH3 is 1. The molecule has 164 valence electrons. The predicted octanol–water partition coefficient (Wildman–Crippen LogP) is 2.68. The Morgan fingerprint density at radius 1 is 1.12 bits per heavy atom. The SMILES string of the molecule is COCCN(C(=O)c1cc2ccccc2s1)c1c(N)n(Cc2ccccc2)c(=O)[nH]c1=O. The van der Waals surface area contributed by atoms with Crippen LogP contribution in [-0.2, 0) is 11.3 Å². The van der Waals surface area contributed by atoms with Crippen LogP contribution in [0.4, 0.5) is 11.5 Å². The highest BCUT2D eigenvalue weighted by atomic mass is 32.1. The Morgan fingerprint density at radius 2 is 1.84 bits per heavy atom. The first-order valence-corrected chi connectivity index (χ1v) is 10.8. The maximum atomic E-state index is 13.5. The van der Waals surface area contributed by atoms with E-state index in [9.17, 15) is 14.4 Å². The highest BCUT2D eigenvalue weighted by Crippen LogP contribution is 2.28. The van der Waals surface area contributed by atoms with Crippen LogP contribution in [-0.4, -0.2) is 35.7 Å². The maximum Gasteiger partial charge on any atom is 0.330 e. The van der Waals surface area contributed by atoms with E-state index in [1.54, 1.807) is 6.07 Å². The molecule has 2 aromatic carbocycles. The molecule has 0 saturated heterocycles. The zero-order chi connectivity index (χ0) is 22.7. The molecule has 8 nitrogen and oxygen atoms in total. The number of anilines is 2. The summed E-state index contributed by atoms with van der Waals surface area (Å²) in [4.78, 5) is 42.8. The topological polar surface area (TPSA) is 110 Å². The van der Waals surface area contributed by atoms with Crippen molar-refractivity contribution in [3.8, 4) is 0 Å². The summed E-state index contributed by atoms with van der Waals surface area (Å²) in [5.74, 6) is -0.460. The number of carbonyl (C=O) groups is 1. The van der Waals surface area contributed by atoms with Gasteiger partial charge in [-0.05, 0) is 23.1 Å². The van der Waals surface area contributed by atoms with Gasteiger partial charge in [0, 0.05) is 18.4 Å². The molecule has 0 fully saturated rings. The van der Waals surface area contributed by atoms with Crippen molar-refractivity contribution in [2.24, 2.45) is 0 Å². The van der Waals surface area contributed by atoms with Gasteiger partial charge >= 0.3 is 5.69 Å². The van der Waals surface area contributed by atoms with Gasteiger partial charge in [-0.15, -0.1) is 11.3 Å². The number of aromatic nitrogens is 2. The summed E-state index contributed by atoms with van der Waals surface area (Å²) in [5, 5.41) is 0.934. The van der Waals surface area contributed by atoms with E-state index in [0.29, 0.717) is 4.88 Å². The van der Waals surface area contributed by atoms with Crippen LogP contribution >= 0.6 is 11.3 Å². The summed E-state index contributed by atoms with van der Waals surface area (Å²) < 4.78 is 7.37. The van der Waals surface area contributed by atoms with Gasteiger partial charge in [0.25, 0.3) is 11.5 Å². The summed E-state index contributed by atoms with van der Waals surface area (Å²) in [6.07, 6.45) is 0.